The molecule has 0 saturated carbocycles. The Morgan fingerprint density at radius 3 is 2.46 bits per heavy atom. The third-order valence-corrected chi connectivity index (χ3v) is 5.50. The first-order valence-electron chi connectivity index (χ1n) is 4.12. The number of hydrogen-bond acceptors (Lipinski definition) is 2. The molecule has 0 N–H and O–H groups in total. The van der Waals surface area contributed by atoms with Gasteiger partial charge in [-0.05, 0) is 5.92 Å². The number of allylic oxidation sites excluding steroid dienone is 1. The summed E-state index contributed by atoms with van der Waals surface area (Å²) >= 11 is 7.05. The molecular weight excluding hydrogens is 300 g/mol. The van der Waals surface area contributed by atoms with Gasteiger partial charge in [0.05, 0.1) is 13.0 Å². The third kappa shape index (κ3) is 2.34. The van der Waals surface area contributed by atoms with Gasteiger partial charge in [-0.3, -0.25) is 4.79 Å². The summed E-state index contributed by atoms with van der Waals surface area (Å²) < 4.78 is 4.70. The number of rotatable bonds is 1. The summed E-state index contributed by atoms with van der Waals surface area (Å²) in [5, 5.41) is 0. The summed E-state index contributed by atoms with van der Waals surface area (Å²) in [6, 6.07) is 0. The molecule has 0 spiro atoms. The van der Waals surface area contributed by atoms with Crippen molar-refractivity contribution in [1.29, 1.82) is 0 Å². The predicted molar refractivity (Wildman–Crippen MR) is 59.2 cm³/mol. The molecule has 4 unspecified atom stereocenters. The molecular formula is C9H12Br2O2. The van der Waals surface area contributed by atoms with E-state index in [0.717, 1.165) is 0 Å². The molecule has 1 aliphatic rings. The Balaban J connectivity index is 2.78. The van der Waals surface area contributed by atoms with Crippen molar-refractivity contribution in [3.8, 4) is 0 Å². The topological polar surface area (TPSA) is 26.3 Å². The Morgan fingerprint density at radius 2 is 1.92 bits per heavy atom. The van der Waals surface area contributed by atoms with E-state index >= 15 is 0 Å². The number of hydrogen-bond donors (Lipinski definition) is 0. The van der Waals surface area contributed by atoms with Crippen LogP contribution in [0.1, 0.15) is 6.92 Å². The monoisotopic (exact) mass is 310 g/mol. The van der Waals surface area contributed by atoms with Crippen molar-refractivity contribution in [2.45, 2.75) is 16.6 Å². The van der Waals surface area contributed by atoms with Gasteiger partial charge in [-0.2, -0.15) is 0 Å². The van der Waals surface area contributed by atoms with Crippen LogP contribution in [0.4, 0.5) is 0 Å². The minimum absolute atomic E-state index is 0.111. The fourth-order valence-electron chi connectivity index (χ4n) is 1.34. The van der Waals surface area contributed by atoms with Gasteiger partial charge >= 0.3 is 5.97 Å². The zero-order valence-electron chi connectivity index (χ0n) is 7.54. The molecule has 0 saturated heterocycles. The van der Waals surface area contributed by atoms with E-state index in [1.54, 1.807) is 0 Å². The van der Waals surface area contributed by atoms with Crippen molar-refractivity contribution in [3.63, 3.8) is 0 Å². The van der Waals surface area contributed by atoms with Gasteiger partial charge in [-0.25, -0.2) is 0 Å². The predicted octanol–water partition coefficient (Wildman–Crippen LogP) is 2.51. The van der Waals surface area contributed by atoms with Gasteiger partial charge in [-0.1, -0.05) is 50.9 Å². The molecule has 0 heterocycles. The van der Waals surface area contributed by atoms with Gasteiger partial charge < -0.3 is 4.74 Å². The van der Waals surface area contributed by atoms with E-state index in [9.17, 15) is 4.79 Å². The lowest BCUT2D eigenvalue weighted by Crippen LogP contribution is -2.36. The second-order valence-electron chi connectivity index (χ2n) is 3.18. The van der Waals surface area contributed by atoms with E-state index in [1.807, 2.05) is 12.2 Å². The van der Waals surface area contributed by atoms with Crippen molar-refractivity contribution in [3.05, 3.63) is 12.2 Å². The maximum Gasteiger partial charge on any atom is 0.313 e. The first-order chi connectivity index (χ1) is 6.07. The minimum Gasteiger partial charge on any atom is -0.469 e. The smallest absolute Gasteiger partial charge is 0.313 e. The summed E-state index contributed by atoms with van der Waals surface area (Å²) in [6.45, 7) is 2.11. The highest BCUT2D eigenvalue weighted by molar-refractivity contribution is 9.12. The van der Waals surface area contributed by atoms with E-state index in [2.05, 4.69) is 38.8 Å². The Labute approximate surface area is 95.0 Å². The number of alkyl halides is 2. The van der Waals surface area contributed by atoms with Gasteiger partial charge in [-0.15, -0.1) is 0 Å². The van der Waals surface area contributed by atoms with Gasteiger partial charge in [0.1, 0.15) is 0 Å². The van der Waals surface area contributed by atoms with E-state index in [-0.39, 0.29) is 21.5 Å². The summed E-state index contributed by atoms with van der Waals surface area (Å²) in [6.07, 6.45) is 3.95. The fraction of sp³-hybridized carbons (Fsp3) is 0.667. The van der Waals surface area contributed by atoms with Gasteiger partial charge in [0.15, 0.2) is 0 Å². The number of carbonyl (C=O) groups excluding carboxylic acids is 1. The molecule has 0 aromatic rings. The van der Waals surface area contributed by atoms with Crippen LogP contribution in [-0.4, -0.2) is 22.7 Å². The molecule has 0 aromatic carbocycles. The SMILES string of the molecule is COC(=O)C1C=CC(C)C(Br)C1Br. The third-order valence-electron chi connectivity index (χ3n) is 2.24. The maximum atomic E-state index is 11.3. The molecule has 13 heavy (non-hydrogen) atoms. The van der Waals surface area contributed by atoms with Crippen LogP contribution in [0.25, 0.3) is 0 Å². The van der Waals surface area contributed by atoms with Crippen LogP contribution in [-0.2, 0) is 9.53 Å². The van der Waals surface area contributed by atoms with E-state index in [0.29, 0.717) is 5.92 Å². The number of methoxy groups -OCH3 is 1. The van der Waals surface area contributed by atoms with Crippen molar-refractivity contribution in [1.82, 2.24) is 0 Å². The normalized spacial score (nSPS) is 38.8. The first kappa shape index (κ1) is 11.2. The number of esters is 1. The summed E-state index contributed by atoms with van der Waals surface area (Å²) in [4.78, 5) is 11.7. The molecule has 0 aromatic heterocycles. The van der Waals surface area contributed by atoms with Gasteiger partial charge in [0.25, 0.3) is 0 Å². The summed E-state index contributed by atoms with van der Waals surface area (Å²) in [5.74, 6) is 0.0744. The zero-order chi connectivity index (χ0) is 10.0. The van der Waals surface area contributed by atoms with Crippen molar-refractivity contribution in [2.75, 3.05) is 7.11 Å². The van der Waals surface area contributed by atoms with E-state index in [4.69, 9.17) is 4.74 Å². The second kappa shape index (κ2) is 4.60. The van der Waals surface area contributed by atoms with Crippen LogP contribution in [0, 0.1) is 11.8 Å². The van der Waals surface area contributed by atoms with Crippen molar-refractivity contribution in [2.24, 2.45) is 11.8 Å². The molecule has 1 aliphatic carbocycles. The lowest BCUT2D eigenvalue weighted by atomic mass is 9.89. The summed E-state index contributed by atoms with van der Waals surface area (Å²) in [5.41, 5.74) is 0. The first-order valence-corrected chi connectivity index (χ1v) is 5.95. The zero-order valence-corrected chi connectivity index (χ0v) is 10.7. The van der Waals surface area contributed by atoms with Crippen LogP contribution < -0.4 is 0 Å². The van der Waals surface area contributed by atoms with Gasteiger partial charge in [0.2, 0.25) is 0 Å². The molecule has 0 fully saturated rings. The minimum atomic E-state index is -0.186. The molecule has 4 heteroatoms. The highest BCUT2D eigenvalue weighted by Gasteiger charge is 2.35. The molecule has 0 amide bonds. The molecule has 0 radical (unpaired) electrons. The molecule has 4 atom stereocenters. The molecule has 1 rings (SSSR count). The van der Waals surface area contributed by atoms with E-state index < -0.39 is 0 Å². The molecule has 74 valence electrons. The summed E-state index contributed by atoms with van der Waals surface area (Å²) in [7, 11) is 1.41. The second-order valence-corrected chi connectivity index (χ2v) is 5.30. The van der Waals surface area contributed by atoms with Crippen molar-refractivity contribution < 1.29 is 9.53 Å². The van der Waals surface area contributed by atoms with Gasteiger partial charge in [0, 0.05) is 9.65 Å². The number of carbonyl (C=O) groups is 1. The van der Waals surface area contributed by atoms with Crippen LogP contribution in [0.3, 0.4) is 0 Å². The Morgan fingerprint density at radius 1 is 1.31 bits per heavy atom. The standard InChI is InChI=1S/C9H12Br2O2/c1-5-3-4-6(9(12)13-2)8(11)7(5)10/h3-8H,1-2H3. The largest absolute Gasteiger partial charge is 0.469 e. The average molecular weight is 312 g/mol. The van der Waals surface area contributed by atoms with Crippen molar-refractivity contribution >= 4 is 37.8 Å². The Kier molecular flexibility index (Phi) is 3.98. The van der Waals surface area contributed by atoms with Crippen LogP contribution in [0.2, 0.25) is 0 Å². The fourth-order valence-corrected chi connectivity index (χ4v) is 2.72. The molecule has 0 bridgehead atoms. The lowest BCUT2D eigenvalue weighted by Gasteiger charge is -2.29. The van der Waals surface area contributed by atoms with Crippen LogP contribution in [0.15, 0.2) is 12.2 Å². The highest BCUT2D eigenvalue weighted by atomic mass is 79.9. The molecule has 0 aliphatic heterocycles. The Hall–Kier alpha value is 0.170. The lowest BCUT2D eigenvalue weighted by molar-refractivity contribution is -0.143. The van der Waals surface area contributed by atoms with Crippen LogP contribution in [0.5, 0.6) is 0 Å². The average Bonchev–Trinajstić information content (AvgIpc) is 2.13. The highest BCUT2D eigenvalue weighted by Crippen LogP contribution is 2.34. The number of ether oxygens (including phenoxy) is 1. The Bertz CT molecular complexity index is 228. The maximum absolute atomic E-state index is 11.3. The quantitative estimate of drug-likeness (QED) is 0.422. The molecule has 2 nitrogen and oxygen atoms in total. The van der Waals surface area contributed by atoms with E-state index in [1.165, 1.54) is 7.11 Å². The number of halogens is 2. The van der Waals surface area contributed by atoms with Crippen LogP contribution >= 0.6 is 31.9 Å².